The molecule has 92 valence electrons. The molecule has 1 aliphatic carbocycles. The maximum absolute atomic E-state index is 6.10. The highest BCUT2D eigenvalue weighted by molar-refractivity contribution is 6.30. The Balaban J connectivity index is 2.05. The smallest absolute Gasteiger partial charge is 0.0408 e. The lowest BCUT2D eigenvalue weighted by atomic mass is 9.93. The quantitative estimate of drug-likeness (QED) is 0.853. The van der Waals surface area contributed by atoms with E-state index in [1.807, 2.05) is 19.2 Å². The van der Waals surface area contributed by atoms with Crippen LogP contribution < -0.4 is 5.32 Å². The van der Waals surface area contributed by atoms with Crippen molar-refractivity contribution in [1.29, 1.82) is 0 Å². The molecule has 0 heterocycles. The van der Waals surface area contributed by atoms with E-state index in [4.69, 9.17) is 11.6 Å². The number of halogens is 1. The predicted molar refractivity (Wildman–Crippen MR) is 76.2 cm³/mol. The van der Waals surface area contributed by atoms with E-state index >= 15 is 0 Å². The highest BCUT2D eigenvalue weighted by Crippen LogP contribution is 2.43. The van der Waals surface area contributed by atoms with E-state index in [2.05, 4.69) is 41.7 Å². The fourth-order valence-electron chi connectivity index (χ4n) is 2.95. The van der Waals surface area contributed by atoms with Crippen LogP contribution in [0.15, 0.2) is 48.5 Å². The first-order chi connectivity index (χ1) is 8.79. The molecule has 2 aromatic rings. The lowest BCUT2D eigenvalue weighted by molar-refractivity contribution is 0.564. The number of hydrogen-bond acceptors (Lipinski definition) is 1. The molecule has 2 aromatic carbocycles. The number of benzene rings is 2. The fourth-order valence-corrected chi connectivity index (χ4v) is 3.15. The van der Waals surface area contributed by atoms with Gasteiger partial charge in [-0.3, -0.25) is 0 Å². The van der Waals surface area contributed by atoms with Gasteiger partial charge in [0.1, 0.15) is 0 Å². The zero-order chi connectivity index (χ0) is 12.5. The van der Waals surface area contributed by atoms with Crippen molar-refractivity contribution in [2.45, 2.75) is 18.4 Å². The van der Waals surface area contributed by atoms with Crippen LogP contribution in [0.5, 0.6) is 0 Å². The first-order valence-electron chi connectivity index (χ1n) is 6.31. The molecule has 2 atom stereocenters. The molecule has 18 heavy (non-hydrogen) atoms. The summed E-state index contributed by atoms with van der Waals surface area (Å²) in [7, 11) is 2.03. The van der Waals surface area contributed by atoms with E-state index in [1.165, 1.54) is 16.7 Å². The molecule has 0 spiro atoms. The van der Waals surface area contributed by atoms with Crippen LogP contribution in [0.2, 0.25) is 5.02 Å². The van der Waals surface area contributed by atoms with Crippen molar-refractivity contribution in [2.75, 3.05) is 7.05 Å². The maximum Gasteiger partial charge on any atom is 0.0408 e. The van der Waals surface area contributed by atoms with Gasteiger partial charge in [-0.15, -0.1) is 0 Å². The van der Waals surface area contributed by atoms with Crippen LogP contribution in [0, 0.1) is 0 Å². The Morgan fingerprint density at radius 2 is 1.83 bits per heavy atom. The molecule has 3 rings (SSSR count). The number of rotatable bonds is 2. The molecule has 0 saturated carbocycles. The largest absolute Gasteiger partial charge is 0.313 e. The van der Waals surface area contributed by atoms with Gasteiger partial charge in [-0.05, 0) is 42.3 Å². The lowest BCUT2D eigenvalue weighted by Gasteiger charge is -2.12. The van der Waals surface area contributed by atoms with Crippen LogP contribution in [0.4, 0.5) is 0 Å². The third-order valence-corrected chi connectivity index (χ3v) is 4.05. The Morgan fingerprint density at radius 3 is 2.56 bits per heavy atom. The van der Waals surface area contributed by atoms with Crippen molar-refractivity contribution >= 4 is 11.6 Å². The first-order valence-corrected chi connectivity index (χ1v) is 6.69. The van der Waals surface area contributed by atoms with Gasteiger partial charge in [0, 0.05) is 17.0 Å². The molecule has 0 fully saturated rings. The molecule has 0 radical (unpaired) electrons. The van der Waals surface area contributed by atoms with Crippen LogP contribution in [0.25, 0.3) is 0 Å². The van der Waals surface area contributed by atoms with Gasteiger partial charge in [0.05, 0.1) is 0 Å². The Kier molecular flexibility index (Phi) is 3.11. The zero-order valence-corrected chi connectivity index (χ0v) is 11.1. The van der Waals surface area contributed by atoms with Gasteiger partial charge in [0.15, 0.2) is 0 Å². The van der Waals surface area contributed by atoms with Gasteiger partial charge in [-0.2, -0.15) is 0 Å². The Labute approximate surface area is 113 Å². The summed E-state index contributed by atoms with van der Waals surface area (Å²) >= 11 is 6.10. The molecule has 2 heteroatoms. The molecular weight excluding hydrogens is 242 g/mol. The lowest BCUT2D eigenvalue weighted by Crippen LogP contribution is -2.13. The van der Waals surface area contributed by atoms with Crippen molar-refractivity contribution < 1.29 is 0 Å². The van der Waals surface area contributed by atoms with Gasteiger partial charge in [0.2, 0.25) is 0 Å². The topological polar surface area (TPSA) is 12.0 Å². The van der Waals surface area contributed by atoms with E-state index in [-0.39, 0.29) is 0 Å². The molecule has 0 unspecified atom stereocenters. The van der Waals surface area contributed by atoms with Gasteiger partial charge in [-0.1, -0.05) is 48.0 Å². The van der Waals surface area contributed by atoms with Gasteiger partial charge in [0.25, 0.3) is 0 Å². The summed E-state index contributed by atoms with van der Waals surface area (Å²) < 4.78 is 0. The molecular formula is C16H16ClN. The van der Waals surface area contributed by atoms with Crippen molar-refractivity contribution in [2.24, 2.45) is 0 Å². The SMILES string of the molecule is CN[C@H]1C[C@@H](c2cccc(Cl)c2)c2ccccc21. The van der Waals surface area contributed by atoms with Crippen LogP contribution in [0.3, 0.4) is 0 Å². The highest BCUT2D eigenvalue weighted by atomic mass is 35.5. The molecule has 0 aliphatic heterocycles. The second-order valence-electron chi connectivity index (χ2n) is 4.81. The van der Waals surface area contributed by atoms with E-state index in [9.17, 15) is 0 Å². The molecule has 1 nitrogen and oxygen atoms in total. The van der Waals surface area contributed by atoms with Crippen molar-refractivity contribution in [3.05, 3.63) is 70.2 Å². The summed E-state index contributed by atoms with van der Waals surface area (Å²) in [5, 5.41) is 4.22. The molecule has 0 saturated heterocycles. The minimum Gasteiger partial charge on any atom is -0.313 e. The van der Waals surface area contributed by atoms with Crippen LogP contribution in [-0.4, -0.2) is 7.05 Å². The van der Waals surface area contributed by atoms with E-state index in [1.54, 1.807) is 0 Å². The van der Waals surface area contributed by atoms with E-state index in [0.717, 1.165) is 11.4 Å². The highest BCUT2D eigenvalue weighted by Gasteiger charge is 2.30. The summed E-state index contributed by atoms with van der Waals surface area (Å²) in [6.45, 7) is 0. The van der Waals surface area contributed by atoms with Gasteiger partial charge < -0.3 is 5.32 Å². The van der Waals surface area contributed by atoms with E-state index < -0.39 is 0 Å². The third-order valence-electron chi connectivity index (χ3n) is 3.82. The van der Waals surface area contributed by atoms with Crippen molar-refractivity contribution in [3.63, 3.8) is 0 Å². The summed E-state index contributed by atoms with van der Waals surface area (Å²) in [5.41, 5.74) is 4.16. The summed E-state index contributed by atoms with van der Waals surface area (Å²) in [6.07, 6.45) is 1.11. The molecule has 0 bridgehead atoms. The summed E-state index contributed by atoms with van der Waals surface area (Å²) in [6, 6.07) is 17.4. The number of nitrogens with one attached hydrogen (secondary N) is 1. The molecule has 0 amide bonds. The number of fused-ring (bicyclic) bond motifs is 1. The zero-order valence-electron chi connectivity index (χ0n) is 10.4. The second kappa shape index (κ2) is 4.75. The minimum absolute atomic E-state index is 0.449. The average molecular weight is 258 g/mol. The Morgan fingerprint density at radius 1 is 1.06 bits per heavy atom. The fraction of sp³-hybridized carbons (Fsp3) is 0.250. The summed E-state index contributed by atoms with van der Waals surface area (Å²) in [5.74, 6) is 0.456. The average Bonchev–Trinajstić information content (AvgIpc) is 2.77. The Bertz CT molecular complexity index is 565. The van der Waals surface area contributed by atoms with Crippen molar-refractivity contribution in [1.82, 2.24) is 5.32 Å². The van der Waals surface area contributed by atoms with Gasteiger partial charge >= 0.3 is 0 Å². The monoisotopic (exact) mass is 257 g/mol. The van der Waals surface area contributed by atoms with Crippen LogP contribution in [-0.2, 0) is 0 Å². The normalized spacial score (nSPS) is 21.9. The van der Waals surface area contributed by atoms with Crippen molar-refractivity contribution in [3.8, 4) is 0 Å². The second-order valence-corrected chi connectivity index (χ2v) is 5.25. The van der Waals surface area contributed by atoms with Crippen LogP contribution in [0.1, 0.15) is 35.1 Å². The maximum atomic E-state index is 6.10. The molecule has 1 aliphatic rings. The Hall–Kier alpha value is -1.31. The predicted octanol–water partition coefficient (Wildman–Crippen LogP) is 4.14. The first kappa shape index (κ1) is 11.8. The van der Waals surface area contributed by atoms with Gasteiger partial charge in [-0.25, -0.2) is 0 Å². The van der Waals surface area contributed by atoms with E-state index in [0.29, 0.717) is 12.0 Å². The third kappa shape index (κ3) is 1.94. The summed E-state index contributed by atoms with van der Waals surface area (Å²) in [4.78, 5) is 0. The molecule has 1 N–H and O–H groups in total. The van der Waals surface area contributed by atoms with Crippen LogP contribution >= 0.6 is 11.6 Å². The number of hydrogen-bond donors (Lipinski definition) is 1. The minimum atomic E-state index is 0.449. The standard InChI is InChI=1S/C16H16ClN/c1-18-16-10-15(11-5-4-6-12(17)9-11)13-7-2-3-8-14(13)16/h2-9,15-16,18H,10H2,1H3/t15-,16-/m0/s1. The molecule has 0 aromatic heterocycles.